The van der Waals surface area contributed by atoms with Crippen LogP contribution >= 0.6 is 11.3 Å². The second-order valence-electron chi connectivity index (χ2n) is 14.2. The molecule has 12 aromatic rings. The predicted molar refractivity (Wildman–Crippen MR) is 233 cm³/mol. The quantitative estimate of drug-likeness (QED) is 0.175. The van der Waals surface area contributed by atoms with Crippen molar-refractivity contribution in [1.82, 2.24) is 34.1 Å². The summed E-state index contributed by atoms with van der Waals surface area (Å²) in [7, 11) is 0. The van der Waals surface area contributed by atoms with Gasteiger partial charge in [0.05, 0.1) is 22.1 Å². The first kappa shape index (κ1) is 31.8. The van der Waals surface area contributed by atoms with Gasteiger partial charge in [0.25, 0.3) is 0 Å². The van der Waals surface area contributed by atoms with Gasteiger partial charge in [0.1, 0.15) is 11.4 Å². The van der Waals surface area contributed by atoms with Gasteiger partial charge in [-0.05, 0) is 96.1 Å². The number of benzene rings is 6. The molecule has 0 bridgehead atoms. The Morgan fingerprint density at radius 1 is 0.368 bits per heavy atom. The Morgan fingerprint density at radius 2 is 0.895 bits per heavy atom. The lowest BCUT2D eigenvalue weighted by atomic mass is 10.0. The van der Waals surface area contributed by atoms with Crippen LogP contribution in [0.15, 0.2) is 176 Å². The second kappa shape index (κ2) is 12.5. The Morgan fingerprint density at radius 3 is 1.53 bits per heavy atom. The Labute approximate surface area is 329 Å². The molecule has 0 fully saturated rings. The van der Waals surface area contributed by atoms with E-state index in [1.807, 2.05) is 47.7 Å². The molecule has 266 valence electrons. The molecule has 0 aliphatic heterocycles. The van der Waals surface area contributed by atoms with Crippen molar-refractivity contribution in [1.29, 1.82) is 0 Å². The first-order valence-electron chi connectivity index (χ1n) is 18.8. The Bertz CT molecular complexity index is 3470. The van der Waals surface area contributed by atoms with Crippen molar-refractivity contribution < 1.29 is 0 Å². The molecule has 57 heavy (non-hydrogen) atoms. The molecule has 0 amide bonds. The van der Waals surface area contributed by atoms with E-state index in [1.165, 1.54) is 42.0 Å². The topological polar surface area (TPSA) is 74.3 Å². The average Bonchev–Trinajstić information content (AvgIpc) is 3.94. The molecule has 6 aromatic heterocycles. The van der Waals surface area contributed by atoms with Crippen LogP contribution in [0.4, 0.5) is 0 Å². The van der Waals surface area contributed by atoms with Crippen molar-refractivity contribution in [2.45, 2.75) is 0 Å². The zero-order valence-corrected chi connectivity index (χ0v) is 31.1. The van der Waals surface area contributed by atoms with E-state index in [0.29, 0.717) is 29.0 Å². The molecule has 0 saturated heterocycles. The summed E-state index contributed by atoms with van der Waals surface area (Å²) in [6.45, 7) is 0. The molecule has 12 rings (SSSR count). The van der Waals surface area contributed by atoms with E-state index < -0.39 is 0 Å². The van der Waals surface area contributed by atoms with Crippen LogP contribution in [0.3, 0.4) is 0 Å². The third-order valence-corrected chi connectivity index (χ3v) is 12.1. The maximum Gasteiger partial charge on any atom is 0.238 e. The summed E-state index contributed by atoms with van der Waals surface area (Å²) >= 11 is 1.85. The van der Waals surface area contributed by atoms with Crippen molar-refractivity contribution in [2.75, 3.05) is 0 Å². The summed E-state index contributed by atoms with van der Waals surface area (Å²) < 4.78 is 7.15. The molecular formula is C49H29N7S. The lowest BCUT2D eigenvalue weighted by Crippen LogP contribution is -2.07. The van der Waals surface area contributed by atoms with Crippen LogP contribution in [0.1, 0.15) is 0 Å². The van der Waals surface area contributed by atoms with E-state index in [0.717, 1.165) is 38.6 Å². The van der Waals surface area contributed by atoms with Crippen molar-refractivity contribution in [3.05, 3.63) is 176 Å². The third kappa shape index (κ3) is 5.01. The molecule has 0 N–H and O–H groups in total. The highest BCUT2D eigenvalue weighted by atomic mass is 32.1. The molecule has 0 aliphatic carbocycles. The smallest absolute Gasteiger partial charge is 0.238 e. The van der Waals surface area contributed by atoms with Crippen LogP contribution in [0.2, 0.25) is 0 Å². The molecule has 7 nitrogen and oxygen atoms in total. The molecule has 8 heteroatoms. The first-order chi connectivity index (χ1) is 28.2. The van der Waals surface area contributed by atoms with Crippen molar-refractivity contribution >= 4 is 75.1 Å². The van der Waals surface area contributed by atoms with Crippen LogP contribution in [-0.4, -0.2) is 34.1 Å². The zero-order chi connectivity index (χ0) is 37.5. The van der Waals surface area contributed by atoms with Gasteiger partial charge < -0.3 is 4.57 Å². The summed E-state index contributed by atoms with van der Waals surface area (Å²) in [5.74, 6) is 1.48. The summed E-state index contributed by atoms with van der Waals surface area (Å²) in [5, 5.41) is 7.27. The molecule has 0 aliphatic rings. The fourth-order valence-corrected chi connectivity index (χ4v) is 9.42. The highest BCUT2D eigenvalue weighted by Crippen LogP contribution is 2.40. The number of pyridine rings is 2. The fourth-order valence-electron chi connectivity index (χ4n) is 8.34. The maximum absolute atomic E-state index is 5.02. The number of hydrogen-bond donors (Lipinski definition) is 0. The highest BCUT2D eigenvalue weighted by molar-refractivity contribution is 7.25. The van der Waals surface area contributed by atoms with Gasteiger partial charge in [0, 0.05) is 59.8 Å². The average molecular weight is 748 g/mol. The number of nitrogens with zero attached hydrogens (tertiary/aromatic N) is 7. The number of fused-ring (bicyclic) bond motifs is 9. The summed E-state index contributed by atoms with van der Waals surface area (Å²) in [6.07, 6.45) is 3.50. The predicted octanol–water partition coefficient (Wildman–Crippen LogP) is 12.2. The van der Waals surface area contributed by atoms with Crippen LogP contribution < -0.4 is 0 Å². The maximum atomic E-state index is 5.02. The first-order valence-corrected chi connectivity index (χ1v) is 19.6. The summed E-state index contributed by atoms with van der Waals surface area (Å²) in [4.78, 5) is 24.0. The Hall–Kier alpha value is -7.55. The van der Waals surface area contributed by atoms with Crippen LogP contribution in [0.5, 0.6) is 0 Å². The van der Waals surface area contributed by atoms with Gasteiger partial charge in [-0.1, -0.05) is 78.9 Å². The normalized spacial score (nSPS) is 11.9. The highest BCUT2D eigenvalue weighted by Gasteiger charge is 2.20. The molecule has 0 atom stereocenters. The molecule has 0 unspecified atom stereocenters. The van der Waals surface area contributed by atoms with Gasteiger partial charge in [-0.2, -0.15) is 9.97 Å². The fraction of sp³-hybridized carbons (Fsp3) is 0. The summed E-state index contributed by atoms with van der Waals surface area (Å²) in [5.41, 5.74) is 9.15. The number of rotatable bonds is 5. The van der Waals surface area contributed by atoms with Gasteiger partial charge in [0.2, 0.25) is 5.95 Å². The van der Waals surface area contributed by atoms with Gasteiger partial charge in [-0.25, -0.2) is 4.98 Å². The van der Waals surface area contributed by atoms with E-state index in [4.69, 9.17) is 15.0 Å². The van der Waals surface area contributed by atoms with Crippen molar-refractivity contribution in [2.24, 2.45) is 0 Å². The minimum absolute atomic E-state index is 0.486. The third-order valence-electron chi connectivity index (χ3n) is 10.9. The largest absolute Gasteiger partial charge is 0.309 e. The van der Waals surface area contributed by atoms with Crippen molar-refractivity contribution in [3.8, 4) is 45.8 Å². The summed E-state index contributed by atoms with van der Waals surface area (Å²) in [6, 6.07) is 57.8. The van der Waals surface area contributed by atoms with E-state index in [2.05, 4.69) is 146 Å². The lowest BCUT2D eigenvalue weighted by molar-refractivity contribution is 0.943. The monoisotopic (exact) mass is 747 g/mol. The molecule has 6 heterocycles. The Balaban J connectivity index is 1.03. The molecule has 0 spiro atoms. The standard InChI is InChI=1S/C49H29N7S/c1-4-16-41-33(11-1)36-27-30(19-22-43(36)55(41)32-21-24-46-38(29-32)35-13-3-6-18-45(35)57-46)31-20-23-44-37(28-31)34-12-2-5-17-42(34)56(44)49-53-47(39-14-7-9-25-50-39)52-48(54-49)40-15-8-10-26-51-40/h1-29H. The van der Waals surface area contributed by atoms with E-state index in [1.54, 1.807) is 12.4 Å². The number of para-hydroxylation sites is 2. The number of thiophene rings is 1. The van der Waals surface area contributed by atoms with Crippen LogP contribution in [0, 0.1) is 0 Å². The number of hydrogen-bond acceptors (Lipinski definition) is 6. The van der Waals surface area contributed by atoms with Crippen LogP contribution in [-0.2, 0) is 0 Å². The SMILES string of the molecule is c1ccc(-c2nc(-c3ccccn3)nc(-n3c4ccccc4c4cc(-c5ccc6c(c5)c5ccccc5n6-c5ccc6sc7ccccc7c6c5)ccc43)n2)nc1. The second-order valence-corrected chi connectivity index (χ2v) is 15.2. The minimum atomic E-state index is 0.486. The Kier molecular flexibility index (Phi) is 6.96. The van der Waals surface area contributed by atoms with Gasteiger partial charge in [-0.15, -0.1) is 11.3 Å². The molecule has 6 aromatic carbocycles. The molecule has 0 radical (unpaired) electrons. The van der Waals surface area contributed by atoms with E-state index in [9.17, 15) is 0 Å². The van der Waals surface area contributed by atoms with Crippen molar-refractivity contribution in [3.63, 3.8) is 0 Å². The molecule has 0 saturated carbocycles. The molecular weight excluding hydrogens is 719 g/mol. The minimum Gasteiger partial charge on any atom is -0.309 e. The van der Waals surface area contributed by atoms with E-state index in [-0.39, 0.29) is 0 Å². The van der Waals surface area contributed by atoms with Gasteiger partial charge in [0.15, 0.2) is 11.6 Å². The number of aromatic nitrogens is 7. The lowest BCUT2D eigenvalue weighted by Gasteiger charge is -2.10. The van der Waals surface area contributed by atoms with Crippen LogP contribution in [0.25, 0.3) is 110 Å². The zero-order valence-electron chi connectivity index (χ0n) is 30.3. The van der Waals surface area contributed by atoms with E-state index >= 15 is 0 Å². The van der Waals surface area contributed by atoms with Gasteiger partial charge >= 0.3 is 0 Å². The van der Waals surface area contributed by atoms with Gasteiger partial charge in [-0.3, -0.25) is 14.5 Å².